The van der Waals surface area contributed by atoms with Gasteiger partial charge in [0.1, 0.15) is 0 Å². The molecule has 5 nitrogen and oxygen atoms in total. The van der Waals surface area contributed by atoms with Crippen molar-refractivity contribution in [2.45, 2.75) is 13.8 Å². The van der Waals surface area contributed by atoms with Crippen molar-refractivity contribution >= 4 is 17.6 Å². The number of amides is 1. The van der Waals surface area contributed by atoms with Crippen LogP contribution < -0.4 is 10.6 Å². The van der Waals surface area contributed by atoms with Gasteiger partial charge in [-0.2, -0.15) is 0 Å². The smallest absolute Gasteiger partial charge is 0.338 e. The van der Waals surface area contributed by atoms with Crippen molar-refractivity contribution in [1.82, 2.24) is 5.32 Å². The van der Waals surface area contributed by atoms with E-state index in [1.54, 1.807) is 25.1 Å². The van der Waals surface area contributed by atoms with Gasteiger partial charge in [0.25, 0.3) is 5.91 Å². The topological polar surface area (TPSA) is 67.4 Å². The number of carbonyl (C=O) groups excluding carboxylic acids is 2. The Kier molecular flexibility index (Phi) is 4.20. The first-order chi connectivity index (χ1) is 9.54. The van der Waals surface area contributed by atoms with Crippen LogP contribution in [0.1, 0.15) is 22.8 Å². The highest BCUT2D eigenvalue weighted by Crippen LogP contribution is 2.21. The molecule has 5 heteroatoms. The molecule has 0 aromatic heterocycles. The maximum absolute atomic E-state index is 12.1. The van der Waals surface area contributed by atoms with E-state index in [4.69, 9.17) is 4.74 Å². The van der Waals surface area contributed by atoms with E-state index in [9.17, 15) is 9.59 Å². The second-order valence-corrected chi connectivity index (χ2v) is 4.76. The van der Waals surface area contributed by atoms with Gasteiger partial charge in [-0.3, -0.25) is 4.79 Å². The summed E-state index contributed by atoms with van der Waals surface area (Å²) in [5.41, 5.74) is 3.64. The molecule has 1 aliphatic rings. The highest BCUT2D eigenvalue weighted by molar-refractivity contribution is 6.05. The van der Waals surface area contributed by atoms with Crippen LogP contribution in [0.2, 0.25) is 0 Å². The van der Waals surface area contributed by atoms with Crippen LogP contribution in [0.4, 0.5) is 5.69 Å². The first kappa shape index (κ1) is 14.3. The van der Waals surface area contributed by atoms with E-state index < -0.39 is 5.97 Å². The van der Waals surface area contributed by atoms with Crippen molar-refractivity contribution in [2.24, 2.45) is 0 Å². The summed E-state index contributed by atoms with van der Waals surface area (Å²) < 4.78 is 4.72. The van der Waals surface area contributed by atoms with E-state index in [2.05, 4.69) is 10.6 Å². The molecule has 2 rings (SSSR count). The SMILES string of the molecule is COC(=O)c1cccc(NC(=O)C(C)=C2CNC2)c1C. The minimum Gasteiger partial charge on any atom is -0.465 e. The highest BCUT2D eigenvalue weighted by Gasteiger charge is 2.18. The average Bonchev–Trinajstić information content (AvgIpc) is 2.38. The fourth-order valence-electron chi connectivity index (χ4n) is 1.99. The molecule has 0 bridgehead atoms. The largest absolute Gasteiger partial charge is 0.465 e. The van der Waals surface area contributed by atoms with Crippen LogP contribution in [-0.2, 0) is 9.53 Å². The quantitative estimate of drug-likeness (QED) is 0.649. The maximum atomic E-state index is 12.1. The molecule has 0 radical (unpaired) electrons. The van der Waals surface area contributed by atoms with Gasteiger partial charge in [0, 0.05) is 24.4 Å². The second-order valence-electron chi connectivity index (χ2n) is 4.76. The van der Waals surface area contributed by atoms with Gasteiger partial charge >= 0.3 is 5.97 Å². The number of hydrogen-bond donors (Lipinski definition) is 2. The zero-order chi connectivity index (χ0) is 14.7. The molecule has 0 atom stereocenters. The molecule has 0 spiro atoms. The molecule has 20 heavy (non-hydrogen) atoms. The van der Waals surface area contributed by atoms with E-state index in [-0.39, 0.29) is 5.91 Å². The highest BCUT2D eigenvalue weighted by atomic mass is 16.5. The number of esters is 1. The van der Waals surface area contributed by atoms with E-state index in [1.165, 1.54) is 7.11 Å². The first-order valence-corrected chi connectivity index (χ1v) is 6.43. The average molecular weight is 274 g/mol. The molecule has 1 heterocycles. The van der Waals surface area contributed by atoms with Crippen LogP contribution in [0, 0.1) is 6.92 Å². The minimum absolute atomic E-state index is 0.133. The zero-order valence-corrected chi connectivity index (χ0v) is 11.9. The van der Waals surface area contributed by atoms with E-state index in [1.807, 2.05) is 6.92 Å². The zero-order valence-electron chi connectivity index (χ0n) is 11.9. The molecule has 0 unspecified atom stereocenters. The lowest BCUT2D eigenvalue weighted by atomic mass is 10.0. The predicted molar refractivity (Wildman–Crippen MR) is 76.7 cm³/mol. The summed E-state index contributed by atoms with van der Waals surface area (Å²) >= 11 is 0. The fourth-order valence-corrected chi connectivity index (χ4v) is 1.99. The lowest BCUT2D eigenvalue weighted by Gasteiger charge is -2.21. The van der Waals surface area contributed by atoms with E-state index in [0.717, 1.165) is 24.2 Å². The number of benzene rings is 1. The van der Waals surface area contributed by atoms with Gasteiger partial charge in [-0.15, -0.1) is 0 Å². The van der Waals surface area contributed by atoms with Crippen molar-refractivity contribution in [3.63, 3.8) is 0 Å². The molecule has 1 amide bonds. The maximum Gasteiger partial charge on any atom is 0.338 e. The number of ether oxygens (including phenoxy) is 1. The van der Waals surface area contributed by atoms with Crippen LogP contribution in [0.25, 0.3) is 0 Å². The third-order valence-corrected chi connectivity index (χ3v) is 3.54. The number of hydrogen-bond acceptors (Lipinski definition) is 4. The Hall–Kier alpha value is -2.14. The summed E-state index contributed by atoms with van der Waals surface area (Å²) in [6.45, 7) is 5.13. The fraction of sp³-hybridized carbons (Fsp3) is 0.333. The number of rotatable bonds is 3. The first-order valence-electron chi connectivity index (χ1n) is 6.43. The molecule has 1 fully saturated rings. The standard InChI is InChI=1S/C15H18N2O3/c1-9(11-7-16-8-11)14(18)17-13-6-4-5-12(10(13)2)15(19)20-3/h4-6,16H,7-8H2,1-3H3,(H,17,18). The van der Waals surface area contributed by atoms with Gasteiger partial charge < -0.3 is 15.4 Å². The van der Waals surface area contributed by atoms with Gasteiger partial charge in [-0.25, -0.2) is 4.79 Å². The van der Waals surface area contributed by atoms with Crippen LogP contribution in [0.15, 0.2) is 29.3 Å². The molecule has 1 saturated heterocycles. The van der Waals surface area contributed by atoms with Crippen LogP contribution >= 0.6 is 0 Å². The molecule has 106 valence electrons. The van der Waals surface area contributed by atoms with Gasteiger partial charge in [0.05, 0.1) is 12.7 Å². The monoisotopic (exact) mass is 274 g/mol. The lowest BCUT2D eigenvalue weighted by Crippen LogP contribution is -2.36. The third-order valence-electron chi connectivity index (χ3n) is 3.54. The number of carbonyl (C=O) groups is 2. The van der Waals surface area contributed by atoms with Crippen molar-refractivity contribution in [3.8, 4) is 0 Å². The lowest BCUT2D eigenvalue weighted by molar-refractivity contribution is -0.112. The third kappa shape index (κ3) is 2.72. The van der Waals surface area contributed by atoms with Crippen LogP contribution in [0.5, 0.6) is 0 Å². The van der Waals surface area contributed by atoms with Crippen molar-refractivity contribution in [1.29, 1.82) is 0 Å². The van der Waals surface area contributed by atoms with Crippen molar-refractivity contribution in [3.05, 3.63) is 40.5 Å². The summed E-state index contributed by atoms with van der Waals surface area (Å²) in [6, 6.07) is 5.18. The van der Waals surface area contributed by atoms with Crippen molar-refractivity contribution in [2.75, 3.05) is 25.5 Å². The van der Waals surface area contributed by atoms with Gasteiger partial charge in [0.15, 0.2) is 0 Å². The minimum atomic E-state index is -0.406. The van der Waals surface area contributed by atoms with Gasteiger partial charge in [0.2, 0.25) is 0 Å². The second kappa shape index (κ2) is 5.88. The molecule has 0 aliphatic carbocycles. The Morgan fingerprint density at radius 3 is 2.55 bits per heavy atom. The Labute approximate surface area is 118 Å². The number of methoxy groups -OCH3 is 1. The molecular weight excluding hydrogens is 256 g/mol. The normalized spacial score (nSPS) is 13.4. The molecule has 2 N–H and O–H groups in total. The van der Waals surface area contributed by atoms with Gasteiger partial charge in [-0.05, 0) is 37.1 Å². The molecule has 1 aliphatic heterocycles. The van der Waals surface area contributed by atoms with Crippen LogP contribution in [0.3, 0.4) is 0 Å². The van der Waals surface area contributed by atoms with Crippen LogP contribution in [-0.4, -0.2) is 32.1 Å². The predicted octanol–water partition coefficient (Wildman–Crippen LogP) is 1.64. The summed E-state index contributed by atoms with van der Waals surface area (Å²) in [4.78, 5) is 23.8. The van der Waals surface area contributed by atoms with E-state index in [0.29, 0.717) is 16.8 Å². The molecule has 1 aromatic rings. The Morgan fingerprint density at radius 1 is 1.30 bits per heavy atom. The summed E-state index contributed by atoms with van der Waals surface area (Å²) in [5.74, 6) is -0.538. The molecular formula is C15H18N2O3. The van der Waals surface area contributed by atoms with Gasteiger partial charge in [-0.1, -0.05) is 6.07 Å². The van der Waals surface area contributed by atoms with E-state index >= 15 is 0 Å². The summed E-state index contributed by atoms with van der Waals surface area (Å²) in [7, 11) is 1.34. The Morgan fingerprint density at radius 2 is 2.00 bits per heavy atom. The summed E-state index contributed by atoms with van der Waals surface area (Å²) in [5, 5.41) is 5.95. The number of anilines is 1. The number of nitrogens with one attached hydrogen (secondary N) is 2. The summed E-state index contributed by atoms with van der Waals surface area (Å²) in [6.07, 6.45) is 0. The molecule has 1 aromatic carbocycles. The Balaban J connectivity index is 2.22. The van der Waals surface area contributed by atoms with Crippen molar-refractivity contribution < 1.29 is 14.3 Å². The molecule has 0 saturated carbocycles. The Bertz CT molecular complexity index is 585.